The quantitative estimate of drug-likeness (QED) is 0.408. The molecule has 0 nitrogen and oxygen atoms in total. The van der Waals surface area contributed by atoms with E-state index in [1.807, 2.05) is 11.8 Å². The van der Waals surface area contributed by atoms with Crippen molar-refractivity contribution in [1.82, 2.24) is 0 Å². The van der Waals surface area contributed by atoms with E-state index in [2.05, 4.69) is 118 Å². The highest BCUT2D eigenvalue weighted by atomic mass is 32.2. The molecule has 2 heteroatoms. The molecule has 0 N–H and O–H groups in total. The first-order chi connectivity index (χ1) is 15.5. The number of benzene rings is 2. The summed E-state index contributed by atoms with van der Waals surface area (Å²) in [6.07, 6.45) is 11.3. The SMILES string of the molecule is CC1=CCC(Sc2ccccc2)C=C1C1C(C)=CC(C)C(Sc2ccccc2)CC[C@@H]1C. The van der Waals surface area contributed by atoms with Crippen LogP contribution in [0.4, 0.5) is 0 Å². The average Bonchev–Trinajstić information content (AvgIpc) is 2.79. The normalized spacial score (nSPS) is 28.8. The molecule has 2 aliphatic rings. The third-order valence-corrected chi connectivity index (χ3v) is 9.64. The molecule has 0 radical (unpaired) electrons. The Labute approximate surface area is 203 Å². The van der Waals surface area contributed by atoms with Crippen LogP contribution in [0.2, 0.25) is 0 Å². The molecule has 2 aromatic rings. The van der Waals surface area contributed by atoms with Gasteiger partial charge in [-0.05, 0) is 74.8 Å². The number of rotatable bonds is 5. The minimum Gasteiger partial charge on any atom is -0.122 e. The van der Waals surface area contributed by atoms with Gasteiger partial charge in [0, 0.05) is 26.2 Å². The summed E-state index contributed by atoms with van der Waals surface area (Å²) < 4.78 is 0. The van der Waals surface area contributed by atoms with E-state index in [1.54, 1.807) is 11.1 Å². The molecule has 0 aromatic heterocycles. The zero-order chi connectivity index (χ0) is 22.5. The Morgan fingerprint density at radius 3 is 2.03 bits per heavy atom. The minimum absolute atomic E-state index is 0.528. The largest absolute Gasteiger partial charge is 0.122 e. The number of thioether (sulfide) groups is 2. The minimum atomic E-state index is 0.528. The topological polar surface area (TPSA) is 0 Å². The summed E-state index contributed by atoms with van der Waals surface area (Å²) >= 11 is 4.07. The van der Waals surface area contributed by atoms with Gasteiger partial charge in [0.2, 0.25) is 0 Å². The lowest BCUT2D eigenvalue weighted by molar-refractivity contribution is 0.389. The van der Waals surface area contributed by atoms with E-state index in [9.17, 15) is 0 Å². The van der Waals surface area contributed by atoms with Crippen molar-refractivity contribution in [3.8, 4) is 0 Å². The summed E-state index contributed by atoms with van der Waals surface area (Å²) in [5.74, 6) is 1.78. The zero-order valence-electron chi connectivity index (χ0n) is 19.8. The Bertz CT molecular complexity index is 970. The summed E-state index contributed by atoms with van der Waals surface area (Å²) in [4.78, 5) is 2.77. The molecular weight excluding hydrogens is 424 g/mol. The van der Waals surface area contributed by atoms with E-state index in [-0.39, 0.29) is 0 Å². The second-order valence-electron chi connectivity index (χ2n) is 9.49. The lowest BCUT2D eigenvalue weighted by Gasteiger charge is -2.35. The number of hydrogen-bond donors (Lipinski definition) is 0. The summed E-state index contributed by atoms with van der Waals surface area (Å²) in [5.41, 5.74) is 4.63. The van der Waals surface area contributed by atoms with E-state index < -0.39 is 0 Å². The van der Waals surface area contributed by atoms with Crippen molar-refractivity contribution in [2.75, 3.05) is 0 Å². The van der Waals surface area contributed by atoms with E-state index in [1.165, 1.54) is 28.2 Å². The van der Waals surface area contributed by atoms with Gasteiger partial charge in [-0.25, -0.2) is 0 Å². The lowest BCUT2D eigenvalue weighted by atomic mass is 9.73. The van der Waals surface area contributed by atoms with Crippen LogP contribution < -0.4 is 0 Å². The van der Waals surface area contributed by atoms with Gasteiger partial charge >= 0.3 is 0 Å². The Morgan fingerprint density at radius 2 is 1.38 bits per heavy atom. The molecule has 4 unspecified atom stereocenters. The smallest absolute Gasteiger partial charge is 0.0315 e. The molecule has 0 spiro atoms. The van der Waals surface area contributed by atoms with E-state index >= 15 is 0 Å². The van der Waals surface area contributed by atoms with Gasteiger partial charge in [-0.1, -0.05) is 79.6 Å². The van der Waals surface area contributed by atoms with Crippen LogP contribution in [-0.4, -0.2) is 10.5 Å². The molecule has 0 amide bonds. The predicted molar refractivity (Wildman–Crippen MR) is 143 cm³/mol. The molecule has 0 aliphatic heterocycles. The van der Waals surface area contributed by atoms with Crippen molar-refractivity contribution in [2.45, 2.75) is 67.2 Å². The summed E-state index contributed by atoms with van der Waals surface area (Å²) in [7, 11) is 0. The van der Waals surface area contributed by atoms with Crippen LogP contribution in [0.25, 0.3) is 0 Å². The van der Waals surface area contributed by atoms with Crippen molar-refractivity contribution in [1.29, 1.82) is 0 Å². The van der Waals surface area contributed by atoms with Gasteiger partial charge in [0.25, 0.3) is 0 Å². The molecule has 2 aromatic carbocycles. The summed E-state index contributed by atoms with van der Waals surface area (Å²) in [6, 6.07) is 21.8. The monoisotopic (exact) mass is 460 g/mol. The Morgan fingerprint density at radius 1 is 0.750 bits per heavy atom. The summed E-state index contributed by atoms with van der Waals surface area (Å²) in [5, 5.41) is 1.18. The van der Waals surface area contributed by atoms with Gasteiger partial charge in [0.15, 0.2) is 0 Å². The van der Waals surface area contributed by atoms with Crippen molar-refractivity contribution in [3.63, 3.8) is 0 Å². The van der Waals surface area contributed by atoms with Gasteiger partial charge in [0.1, 0.15) is 0 Å². The Balaban J connectivity index is 1.55. The predicted octanol–water partition coefficient (Wildman–Crippen LogP) is 9.21. The molecule has 2 aliphatic carbocycles. The third kappa shape index (κ3) is 5.83. The van der Waals surface area contributed by atoms with Crippen LogP contribution in [0, 0.1) is 17.8 Å². The highest BCUT2D eigenvalue weighted by molar-refractivity contribution is 8.00. The maximum atomic E-state index is 2.59. The highest BCUT2D eigenvalue weighted by Crippen LogP contribution is 2.44. The van der Waals surface area contributed by atoms with Crippen molar-refractivity contribution >= 4 is 23.5 Å². The van der Waals surface area contributed by atoms with E-state index in [4.69, 9.17) is 0 Å². The highest BCUT2D eigenvalue weighted by Gasteiger charge is 2.31. The van der Waals surface area contributed by atoms with Crippen molar-refractivity contribution in [3.05, 3.63) is 95.6 Å². The number of hydrogen-bond acceptors (Lipinski definition) is 2. The fourth-order valence-electron chi connectivity index (χ4n) is 5.24. The second-order valence-corrected chi connectivity index (χ2v) is 12.1. The first-order valence-electron chi connectivity index (χ1n) is 12.0. The van der Waals surface area contributed by atoms with Gasteiger partial charge in [-0.3, -0.25) is 0 Å². The van der Waals surface area contributed by atoms with Crippen LogP contribution in [-0.2, 0) is 0 Å². The molecule has 0 heterocycles. The molecule has 0 saturated heterocycles. The number of allylic oxidation sites excluding steroid dienone is 5. The fraction of sp³-hybridized carbons (Fsp3) is 0.400. The summed E-state index contributed by atoms with van der Waals surface area (Å²) in [6.45, 7) is 9.61. The van der Waals surface area contributed by atoms with Gasteiger partial charge in [0.05, 0.1) is 0 Å². The zero-order valence-corrected chi connectivity index (χ0v) is 21.5. The van der Waals surface area contributed by atoms with Gasteiger partial charge < -0.3 is 0 Å². The van der Waals surface area contributed by atoms with E-state index in [0.717, 1.165) is 6.42 Å². The Hall–Kier alpha value is -1.64. The van der Waals surface area contributed by atoms with Crippen LogP contribution in [0.15, 0.2) is 105 Å². The van der Waals surface area contributed by atoms with Crippen molar-refractivity contribution < 1.29 is 0 Å². The van der Waals surface area contributed by atoms with Gasteiger partial charge in [-0.15, -0.1) is 23.5 Å². The second kappa shape index (κ2) is 11.0. The lowest BCUT2D eigenvalue weighted by Crippen LogP contribution is -2.25. The molecule has 4 rings (SSSR count). The standard InChI is InChI=1S/C30H36S2/c1-21-15-17-27(31-25-11-7-5-8-12-25)20-28(21)30-22(2)16-18-29(23(3)19-24(30)4)32-26-13-9-6-10-14-26/h5-15,19-20,22-23,27,29-30H,16-18H2,1-4H3/t22-,23?,27?,29?,30?/m0/s1. The third-order valence-electron chi connectivity index (χ3n) is 6.95. The first-order valence-corrected chi connectivity index (χ1v) is 13.8. The van der Waals surface area contributed by atoms with E-state index in [0.29, 0.717) is 28.3 Å². The maximum absolute atomic E-state index is 2.59. The molecule has 0 saturated carbocycles. The molecule has 168 valence electrons. The van der Waals surface area contributed by atoms with Crippen LogP contribution in [0.3, 0.4) is 0 Å². The Kier molecular flexibility index (Phi) is 8.07. The molecular formula is C30H36S2. The molecule has 0 bridgehead atoms. The maximum Gasteiger partial charge on any atom is 0.0315 e. The van der Waals surface area contributed by atoms with Crippen LogP contribution >= 0.6 is 23.5 Å². The van der Waals surface area contributed by atoms with Crippen molar-refractivity contribution in [2.24, 2.45) is 17.8 Å². The molecule has 32 heavy (non-hydrogen) atoms. The van der Waals surface area contributed by atoms with Crippen LogP contribution in [0.5, 0.6) is 0 Å². The van der Waals surface area contributed by atoms with Crippen LogP contribution in [0.1, 0.15) is 47.0 Å². The molecule has 5 atom stereocenters. The average molecular weight is 461 g/mol. The fourth-order valence-corrected chi connectivity index (χ4v) is 7.52. The molecule has 0 fully saturated rings. The van der Waals surface area contributed by atoms with Gasteiger partial charge in [-0.2, -0.15) is 0 Å². The first kappa shape index (κ1) is 23.5.